The fraction of sp³-hybridized carbons (Fsp3) is 0.115. The molecule has 0 radical (unpaired) electrons. The van der Waals surface area contributed by atoms with Crippen molar-refractivity contribution in [2.75, 3.05) is 16.4 Å². The Balaban J connectivity index is 1.62. The molecule has 3 amide bonds. The number of aromatic nitrogens is 3. The standard InChI is InChI=1S/C26H17ClF5N7O3/c27-17-2-1-13(28)6-16(17)21-22-18(37-23(41)11-3-12(26(30,31)32)5-14(29)4-11)7-19(39(22)10-20(40)38-21)24(42)36-15-8-34-25(33)35-9-15/h1-9,21H,10H2,(H,36,42)(H,37,41)(H,38,40)(H2,33,34,35). The van der Waals surface area contributed by atoms with E-state index < -0.39 is 59.2 Å². The van der Waals surface area contributed by atoms with Gasteiger partial charge in [-0.2, -0.15) is 13.2 Å². The van der Waals surface area contributed by atoms with Crippen molar-refractivity contribution in [1.82, 2.24) is 19.9 Å². The molecule has 10 nitrogen and oxygen atoms in total. The topological polar surface area (TPSA) is 144 Å². The molecule has 1 atom stereocenters. The van der Waals surface area contributed by atoms with Crippen LogP contribution < -0.4 is 21.7 Å². The molecule has 5 rings (SSSR count). The second kappa shape index (κ2) is 10.7. The summed E-state index contributed by atoms with van der Waals surface area (Å²) in [6, 6.07) is 4.58. The van der Waals surface area contributed by atoms with Crippen LogP contribution in [0.2, 0.25) is 5.02 Å². The Hall–Kier alpha value is -5.05. The van der Waals surface area contributed by atoms with Gasteiger partial charge in [0, 0.05) is 16.1 Å². The van der Waals surface area contributed by atoms with Crippen LogP contribution in [0.5, 0.6) is 0 Å². The Kier molecular flexibility index (Phi) is 7.28. The van der Waals surface area contributed by atoms with Crippen LogP contribution in [0.15, 0.2) is 54.9 Å². The van der Waals surface area contributed by atoms with Gasteiger partial charge in [0.1, 0.15) is 23.9 Å². The molecular weight excluding hydrogens is 589 g/mol. The average molecular weight is 606 g/mol. The molecule has 216 valence electrons. The molecule has 0 aliphatic carbocycles. The quantitative estimate of drug-likeness (QED) is 0.246. The summed E-state index contributed by atoms with van der Waals surface area (Å²) in [5.74, 6) is -4.64. The van der Waals surface area contributed by atoms with Gasteiger partial charge in [0.05, 0.1) is 41.1 Å². The van der Waals surface area contributed by atoms with Crippen molar-refractivity contribution >= 4 is 46.6 Å². The number of nitrogens with one attached hydrogen (secondary N) is 3. The van der Waals surface area contributed by atoms with Crippen LogP contribution in [0.1, 0.15) is 43.7 Å². The molecule has 1 aliphatic rings. The van der Waals surface area contributed by atoms with Gasteiger partial charge >= 0.3 is 6.18 Å². The van der Waals surface area contributed by atoms with E-state index in [2.05, 4.69) is 25.9 Å². The Morgan fingerprint density at radius 1 is 1.00 bits per heavy atom. The number of hydrogen-bond acceptors (Lipinski definition) is 6. The summed E-state index contributed by atoms with van der Waals surface area (Å²) < 4.78 is 69.2. The van der Waals surface area contributed by atoms with Gasteiger partial charge < -0.3 is 26.3 Å². The maximum absolute atomic E-state index is 14.2. The molecule has 0 bridgehead atoms. The third kappa shape index (κ3) is 5.72. The maximum atomic E-state index is 14.2. The molecule has 3 heterocycles. The van der Waals surface area contributed by atoms with Crippen LogP contribution in [0.4, 0.5) is 39.3 Å². The van der Waals surface area contributed by atoms with Crippen LogP contribution in [0.25, 0.3) is 0 Å². The van der Waals surface area contributed by atoms with E-state index in [1.807, 2.05) is 0 Å². The summed E-state index contributed by atoms with van der Waals surface area (Å²) in [6.07, 6.45) is -2.51. The normalized spacial score (nSPS) is 14.6. The number of nitrogen functional groups attached to an aromatic ring is 1. The number of alkyl halides is 3. The largest absolute Gasteiger partial charge is 0.416 e. The molecule has 0 fully saturated rings. The zero-order chi connectivity index (χ0) is 30.3. The van der Waals surface area contributed by atoms with Crippen LogP contribution in [0.3, 0.4) is 0 Å². The van der Waals surface area contributed by atoms with Crippen LogP contribution >= 0.6 is 11.6 Å². The van der Waals surface area contributed by atoms with Gasteiger partial charge in [0.15, 0.2) is 0 Å². The highest BCUT2D eigenvalue weighted by Gasteiger charge is 2.36. The minimum Gasteiger partial charge on any atom is -0.368 e. The lowest BCUT2D eigenvalue weighted by Crippen LogP contribution is -2.40. The fourth-order valence-electron chi connectivity index (χ4n) is 4.39. The van der Waals surface area contributed by atoms with Gasteiger partial charge in [-0.15, -0.1) is 0 Å². The number of nitrogens with zero attached hydrogens (tertiary/aromatic N) is 3. The van der Waals surface area contributed by atoms with E-state index in [0.717, 1.165) is 18.2 Å². The van der Waals surface area contributed by atoms with Gasteiger partial charge in [-0.25, -0.2) is 18.7 Å². The van der Waals surface area contributed by atoms with Gasteiger partial charge in [-0.1, -0.05) is 11.6 Å². The first-order valence-corrected chi connectivity index (χ1v) is 12.2. The lowest BCUT2D eigenvalue weighted by Gasteiger charge is -2.29. The number of anilines is 3. The van der Waals surface area contributed by atoms with E-state index in [0.29, 0.717) is 12.1 Å². The summed E-state index contributed by atoms with van der Waals surface area (Å²) >= 11 is 6.30. The molecule has 16 heteroatoms. The molecule has 2 aromatic carbocycles. The summed E-state index contributed by atoms with van der Waals surface area (Å²) in [7, 11) is 0. The third-order valence-corrected chi connectivity index (χ3v) is 6.53. The number of carbonyl (C=O) groups excluding carboxylic acids is 3. The van der Waals surface area contributed by atoms with Gasteiger partial charge in [0.2, 0.25) is 11.9 Å². The highest BCUT2D eigenvalue weighted by molar-refractivity contribution is 6.31. The minimum absolute atomic E-state index is 0.0265. The fourth-order valence-corrected chi connectivity index (χ4v) is 4.62. The molecule has 0 saturated carbocycles. The smallest absolute Gasteiger partial charge is 0.368 e. The molecule has 1 aliphatic heterocycles. The molecular formula is C26H17ClF5N7O3. The number of benzene rings is 2. The molecule has 0 saturated heterocycles. The van der Waals surface area contributed by atoms with Gasteiger partial charge in [-0.3, -0.25) is 14.4 Å². The SMILES string of the molecule is Nc1ncc(NC(=O)c2cc(NC(=O)c3cc(F)cc(C(F)(F)F)c3)c3n2CC(=O)NC3c2cc(F)ccc2Cl)cn1. The van der Waals surface area contributed by atoms with E-state index in [1.165, 1.54) is 23.0 Å². The second-order valence-electron chi connectivity index (χ2n) is 9.05. The summed E-state index contributed by atoms with van der Waals surface area (Å²) in [5, 5.41) is 7.54. The molecule has 2 aromatic heterocycles. The third-order valence-electron chi connectivity index (χ3n) is 6.19. The zero-order valence-electron chi connectivity index (χ0n) is 20.9. The molecule has 5 N–H and O–H groups in total. The van der Waals surface area contributed by atoms with Crippen molar-refractivity contribution in [3.63, 3.8) is 0 Å². The lowest BCUT2D eigenvalue weighted by atomic mass is 10.0. The van der Waals surface area contributed by atoms with E-state index in [1.54, 1.807) is 0 Å². The molecule has 4 aromatic rings. The van der Waals surface area contributed by atoms with Crippen molar-refractivity contribution < 1.29 is 36.3 Å². The highest BCUT2D eigenvalue weighted by atomic mass is 35.5. The van der Waals surface area contributed by atoms with Gasteiger partial charge in [-0.05, 0) is 42.5 Å². The van der Waals surface area contributed by atoms with Crippen molar-refractivity contribution in [2.45, 2.75) is 18.8 Å². The number of halogens is 6. The van der Waals surface area contributed by atoms with E-state index >= 15 is 0 Å². The second-order valence-corrected chi connectivity index (χ2v) is 9.45. The first-order valence-electron chi connectivity index (χ1n) is 11.9. The number of rotatable bonds is 5. The van der Waals surface area contributed by atoms with Crippen LogP contribution in [-0.4, -0.2) is 32.3 Å². The molecule has 0 spiro atoms. The molecule has 1 unspecified atom stereocenters. The van der Waals surface area contributed by atoms with Crippen LogP contribution in [-0.2, 0) is 17.5 Å². The zero-order valence-corrected chi connectivity index (χ0v) is 21.6. The van der Waals surface area contributed by atoms with Crippen molar-refractivity contribution in [3.05, 3.63) is 99.6 Å². The summed E-state index contributed by atoms with van der Waals surface area (Å²) in [6.45, 7) is -0.437. The van der Waals surface area contributed by atoms with Crippen molar-refractivity contribution in [2.24, 2.45) is 0 Å². The van der Waals surface area contributed by atoms with E-state index in [-0.39, 0.29) is 45.4 Å². The van der Waals surface area contributed by atoms with Crippen LogP contribution in [0, 0.1) is 11.6 Å². The molecule has 42 heavy (non-hydrogen) atoms. The lowest BCUT2D eigenvalue weighted by molar-refractivity contribution is -0.137. The average Bonchev–Trinajstić information content (AvgIpc) is 3.28. The Labute approximate surface area is 237 Å². The number of carbonyl (C=O) groups is 3. The predicted octanol–water partition coefficient (Wildman–Crippen LogP) is 4.53. The van der Waals surface area contributed by atoms with Crippen molar-refractivity contribution in [1.29, 1.82) is 0 Å². The van der Waals surface area contributed by atoms with Gasteiger partial charge in [0.25, 0.3) is 11.8 Å². The summed E-state index contributed by atoms with van der Waals surface area (Å²) in [4.78, 5) is 46.7. The summed E-state index contributed by atoms with van der Waals surface area (Å²) in [5.41, 5.74) is 3.29. The number of fused-ring (bicyclic) bond motifs is 1. The maximum Gasteiger partial charge on any atom is 0.416 e. The monoisotopic (exact) mass is 605 g/mol. The first-order chi connectivity index (χ1) is 19.8. The Morgan fingerprint density at radius 2 is 1.71 bits per heavy atom. The van der Waals surface area contributed by atoms with Crippen molar-refractivity contribution in [3.8, 4) is 0 Å². The van der Waals surface area contributed by atoms with E-state index in [9.17, 15) is 36.3 Å². The minimum atomic E-state index is -4.94. The highest BCUT2D eigenvalue weighted by Crippen LogP contribution is 2.38. The Bertz CT molecular complexity index is 1740. The number of amides is 3. The predicted molar refractivity (Wildman–Crippen MR) is 140 cm³/mol. The Morgan fingerprint density at radius 3 is 2.40 bits per heavy atom. The number of hydrogen-bond donors (Lipinski definition) is 4. The first kappa shape index (κ1) is 28.5. The number of nitrogens with two attached hydrogens (primary N) is 1. The van der Waals surface area contributed by atoms with E-state index in [4.69, 9.17) is 17.3 Å².